The molecule has 26 heavy (non-hydrogen) atoms. The number of morpholine rings is 1. The zero-order valence-electron chi connectivity index (χ0n) is 16.3. The molecule has 0 spiro atoms. The first-order valence-corrected chi connectivity index (χ1v) is 10.0. The van der Waals surface area contributed by atoms with Crippen LogP contribution in [0.3, 0.4) is 0 Å². The molecule has 1 rings (SSSR count). The molecule has 0 saturated carbocycles. The van der Waals surface area contributed by atoms with Gasteiger partial charge < -0.3 is 19.5 Å². The van der Waals surface area contributed by atoms with Gasteiger partial charge in [-0.05, 0) is 32.1 Å². The van der Waals surface area contributed by atoms with Crippen LogP contribution >= 0.6 is 0 Å². The van der Waals surface area contributed by atoms with Crippen molar-refractivity contribution in [3.8, 4) is 0 Å². The maximum Gasteiger partial charge on any atom is 0.307 e. The predicted octanol–water partition coefficient (Wildman–Crippen LogP) is 1.75. The topological polar surface area (TPSA) is 77.1 Å². The maximum atomic E-state index is 11.6. The molecular formula is C19H36N2O5. The zero-order chi connectivity index (χ0) is 18.9. The van der Waals surface area contributed by atoms with Gasteiger partial charge in [-0.25, -0.2) is 0 Å². The first kappa shape index (κ1) is 22.9. The number of carbonyl (C=O) groups is 2. The molecule has 0 aromatic carbocycles. The van der Waals surface area contributed by atoms with Crippen molar-refractivity contribution < 1.29 is 23.8 Å². The second kappa shape index (κ2) is 16.0. The maximum absolute atomic E-state index is 11.6. The average Bonchev–Trinajstić information content (AvgIpc) is 2.64. The third-order valence-corrected chi connectivity index (χ3v) is 4.23. The summed E-state index contributed by atoms with van der Waals surface area (Å²) in [5, 5.41) is 3.28. The van der Waals surface area contributed by atoms with Gasteiger partial charge in [-0.2, -0.15) is 0 Å². The summed E-state index contributed by atoms with van der Waals surface area (Å²) in [6.07, 6.45) is 5.44. The van der Waals surface area contributed by atoms with E-state index in [2.05, 4.69) is 10.2 Å². The third-order valence-electron chi connectivity index (χ3n) is 4.23. The lowest BCUT2D eigenvalue weighted by Gasteiger charge is -2.26. The Balaban J connectivity index is 1.80. The number of nitrogens with one attached hydrogen (secondary N) is 1. The van der Waals surface area contributed by atoms with Gasteiger partial charge in [-0.15, -0.1) is 0 Å². The molecule has 0 aliphatic carbocycles. The van der Waals surface area contributed by atoms with Crippen molar-refractivity contribution in [2.75, 3.05) is 59.2 Å². The van der Waals surface area contributed by atoms with E-state index in [9.17, 15) is 9.59 Å². The Morgan fingerprint density at radius 2 is 1.54 bits per heavy atom. The molecule has 1 fully saturated rings. The summed E-state index contributed by atoms with van der Waals surface area (Å²) in [4.78, 5) is 25.2. The highest BCUT2D eigenvalue weighted by Gasteiger charge is 2.09. The minimum Gasteiger partial charge on any atom is -0.466 e. The van der Waals surface area contributed by atoms with Gasteiger partial charge in [-0.1, -0.05) is 6.92 Å². The highest BCUT2D eigenvalue weighted by molar-refractivity contribution is 5.69. The Kier molecular flexibility index (Phi) is 14.1. The van der Waals surface area contributed by atoms with E-state index in [1.807, 2.05) is 6.92 Å². The highest BCUT2D eigenvalue weighted by atomic mass is 16.5. The van der Waals surface area contributed by atoms with Gasteiger partial charge >= 0.3 is 11.9 Å². The minimum absolute atomic E-state index is 0.111. The van der Waals surface area contributed by atoms with E-state index in [1.165, 1.54) is 0 Å². The summed E-state index contributed by atoms with van der Waals surface area (Å²) in [7, 11) is 0. The third kappa shape index (κ3) is 13.1. The number of hydrogen-bond acceptors (Lipinski definition) is 7. The summed E-state index contributed by atoms with van der Waals surface area (Å²) in [6.45, 7) is 9.08. The molecule has 0 aromatic rings. The fraction of sp³-hybridized carbons (Fsp3) is 0.895. The van der Waals surface area contributed by atoms with Crippen molar-refractivity contribution in [3.05, 3.63) is 0 Å². The monoisotopic (exact) mass is 372 g/mol. The standard InChI is InChI=1S/C19H36N2O5/c1-2-7-18(22)25-14-5-3-4-6-15-26-19(23)8-9-20-10-11-21-12-16-24-17-13-21/h20H,2-17H2,1H3. The van der Waals surface area contributed by atoms with Crippen LogP contribution in [-0.4, -0.2) is 76.0 Å². The van der Waals surface area contributed by atoms with Gasteiger partial charge in [0.25, 0.3) is 0 Å². The SMILES string of the molecule is CCCC(=O)OCCCCCCOC(=O)CCNCCN1CCOCC1. The molecule has 1 heterocycles. The fourth-order valence-electron chi connectivity index (χ4n) is 2.66. The van der Waals surface area contributed by atoms with Crippen molar-refractivity contribution in [1.82, 2.24) is 10.2 Å². The molecule has 7 nitrogen and oxygen atoms in total. The van der Waals surface area contributed by atoms with Gasteiger partial charge in [0, 0.05) is 39.1 Å². The van der Waals surface area contributed by atoms with Gasteiger partial charge in [0.1, 0.15) is 0 Å². The van der Waals surface area contributed by atoms with E-state index in [0.717, 1.165) is 71.5 Å². The van der Waals surface area contributed by atoms with Crippen LogP contribution in [0.5, 0.6) is 0 Å². The van der Waals surface area contributed by atoms with Crippen LogP contribution in [0.2, 0.25) is 0 Å². The number of nitrogens with zero attached hydrogens (tertiary/aromatic N) is 1. The Bertz CT molecular complexity index is 373. The average molecular weight is 373 g/mol. The van der Waals surface area contributed by atoms with Gasteiger partial charge in [0.05, 0.1) is 32.8 Å². The van der Waals surface area contributed by atoms with Crippen LogP contribution in [-0.2, 0) is 23.8 Å². The van der Waals surface area contributed by atoms with Crippen molar-refractivity contribution in [3.63, 3.8) is 0 Å². The summed E-state index contributed by atoms with van der Waals surface area (Å²) >= 11 is 0. The predicted molar refractivity (Wildman–Crippen MR) is 100 cm³/mol. The first-order valence-electron chi connectivity index (χ1n) is 10.0. The normalized spacial score (nSPS) is 15.0. The van der Waals surface area contributed by atoms with E-state index in [-0.39, 0.29) is 11.9 Å². The second-order valence-corrected chi connectivity index (χ2v) is 6.56. The molecule has 0 bridgehead atoms. The van der Waals surface area contributed by atoms with Gasteiger partial charge in [-0.3, -0.25) is 14.5 Å². The number of hydrogen-bond donors (Lipinski definition) is 1. The zero-order valence-corrected chi connectivity index (χ0v) is 16.3. The molecule has 1 saturated heterocycles. The number of unbranched alkanes of at least 4 members (excludes halogenated alkanes) is 3. The van der Waals surface area contributed by atoms with E-state index < -0.39 is 0 Å². The van der Waals surface area contributed by atoms with Crippen molar-refractivity contribution in [2.45, 2.75) is 51.9 Å². The van der Waals surface area contributed by atoms with Crippen molar-refractivity contribution >= 4 is 11.9 Å². The van der Waals surface area contributed by atoms with Crippen LogP contribution in [0.15, 0.2) is 0 Å². The van der Waals surface area contributed by atoms with Crippen LogP contribution in [0, 0.1) is 0 Å². The Morgan fingerprint density at radius 1 is 0.923 bits per heavy atom. The minimum atomic E-state index is -0.141. The molecule has 0 radical (unpaired) electrons. The Labute approximate surface area is 157 Å². The van der Waals surface area contributed by atoms with E-state index in [1.54, 1.807) is 0 Å². The Hall–Kier alpha value is -1.18. The second-order valence-electron chi connectivity index (χ2n) is 6.56. The highest BCUT2D eigenvalue weighted by Crippen LogP contribution is 2.02. The van der Waals surface area contributed by atoms with Crippen LogP contribution in [0.1, 0.15) is 51.9 Å². The number of rotatable bonds is 15. The Morgan fingerprint density at radius 3 is 2.15 bits per heavy atom. The molecule has 0 atom stereocenters. The molecule has 0 aromatic heterocycles. The lowest BCUT2D eigenvalue weighted by atomic mass is 10.2. The van der Waals surface area contributed by atoms with Crippen LogP contribution < -0.4 is 5.32 Å². The van der Waals surface area contributed by atoms with E-state index in [4.69, 9.17) is 14.2 Å². The van der Waals surface area contributed by atoms with E-state index in [0.29, 0.717) is 32.6 Å². The number of esters is 2. The van der Waals surface area contributed by atoms with E-state index >= 15 is 0 Å². The van der Waals surface area contributed by atoms with Gasteiger partial charge in [0.2, 0.25) is 0 Å². The molecular weight excluding hydrogens is 336 g/mol. The molecule has 7 heteroatoms. The molecule has 152 valence electrons. The lowest BCUT2D eigenvalue weighted by molar-refractivity contribution is -0.145. The molecule has 1 aliphatic heterocycles. The lowest BCUT2D eigenvalue weighted by Crippen LogP contribution is -2.40. The molecule has 0 unspecified atom stereocenters. The fourth-order valence-corrected chi connectivity index (χ4v) is 2.66. The van der Waals surface area contributed by atoms with Crippen molar-refractivity contribution in [1.29, 1.82) is 0 Å². The summed E-state index contributed by atoms with van der Waals surface area (Å²) in [5.74, 6) is -0.252. The van der Waals surface area contributed by atoms with Crippen LogP contribution in [0.25, 0.3) is 0 Å². The first-order chi connectivity index (χ1) is 12.7. The summed E-state index contributed by atoms with van der Waals surface area (Å²) in [5.41, 5.74) is 0. The molecule has 1 aliphatic rings. The molecule has 1 N–H and O–H groups in total. The largest absolute Gasteiger partial charge is 0.466 e. The summed E-state index contributed by atoms with van der Waals surface area (Å²) in [6, 6.07) is 0. The molecule has 0 amide bonds. The van der Waals surface area contributed by atoms with Crippen LogP contribution in [0.4, 0.5) is 0 Å². The smallest absolute Gasteiger partial charge is 0.307 e. The summed E-state index contributed by atoms with van der Waals surface area (Å²) < 4.78 is 15.6. The van der Waals surface area contributed by atoms with Gasteiger partial charge in [0.15, 0.2) is 0 Å². The quantitative estimate of drug-likeness (QED) is 0.347. The number of ether oxygens (including phenoxy) is 3. The number of carbonyl (C=O) groups excluding carboxylic acids is 2. The van der Waals surface area contributed by atoms with Crippen molar-refractivity contribution in [2.24, 2.45) is 0 Å².